The van der Waals surface area contributed by atoms with Crippen LogP contribution in [0.1, 0.15) is 23.2 Å². The van der Waals surface area contributed by atoms with Crippen LogP contribution in [0, 0.1) is 0 Å². The molecule has 0 saturated heterocycles. The van der Waals surface area contributed by atoms with Gasteiger partial charge in [0.15, 0.2) is 0 Å². The Morgan fingerprint density at radius 3 is 2.25 bits per heavy atom. The summed E-state index contributed by atoms with van der Waals surface area (Å²) in [5.74, 6) is -0.638. The quantitative estimate of drug-likeness (QED) is 0.576. The van der Waals surface area contributed by atoms with E-state index in [0.717, 1.165) is 0 Å². The van der Waals surface area contributed by atoms with E-state index in [1.54, 1.807) is 0 Å². The predicted molar refractivity (Wildman–Crippen MR) is 48.8 cm³/mol. The second-order valence-electron chi connectivity index (χ2n) is 2.79. The Labute approximate surface area is 97.2 Å². The molecule has 0 radical (unpaired) electrons. The summed E-state index contributed by atoms with van der Waals surface area (Å²) < 4.78 is 61.8. The van der Waals surface area contributed by atoms with Gasteiger partial charge < -0.3 is 0 Å². The van der Waals surface area contributed by atoms with Crippen molar-refractivity contribution < 1.29 is 22.0 Å². The molecular weight excluding hydrogens is 276 g/mol. The first-order valence-corrected chi connectivity index (χ1v) is 4.78. The molecule has 0 aliphatic carbocycles. The molecule has 0 bridgehead atoms. The predicted octanol–water partition coefficient (Wildman–Crippen LogP) is 4.43. The van der Waals surface area contributed by atoms with Crippen LogP contribution in [0.4, 0.5) is 22.0 Å². The molecular formula is C8H4Cl2F5N. The summed E-state index contributed by atoms with van der Waals surface area (Å²) in [4.78, 5) is 2.93. The Hall–Kier alpha value is -0.620. The summed E-state index contributed by atoms with van der Waals surface area (Å²) in [6.07, 6.45) is -7.36. The van der Waals surface area contributed by atoms with Crippen LogP contribution in [0.2, 0.25) is 5.02 Å². The second kappa shape index (κ2) is 4.71. The first kappa shape index (κ1) is 13.4. The van der Waals surface area contributed by atoms with E-state index < -0.39 is 40.3 Å². The molecule has 1 nitrogen and oxygen atoms in total. The molecule has 0 atom stereocenters. The van der Waals surface area contributed by atoms with E-state index in [4.69, 9.17) is 23.2 Å². The molecule has 0 unspecified atom stereocenters. The molecule has 0 spiro atoms. The van der Waals surface area contributed by atoms with E-state index in [-0.39, 0.29) is 0 Å². The topological polar surface area (TPSA) is 12.9 Å². The summed E-state index contributed by atoms with van der Waals surface area (Å²) in [7, 11) is 0. The van der Waals surface area contributed by atoms with Gasteiger partial charge in [0.1, 0.15) is 5.69 Å². The van der Waals surface area contributed by atoms with Crippen molar-refractivity contribution in [2.75, 3.05) is 0 Å². The minimum absolute atomic E-state index is 0.409. The lowest BCUT2D eigenvalue weighted by Crippen LogP contribution is -2.13. The van der Waals surface area contributed by atoms with Crippen LogP contribution < -0.4 is 0 Å². The SMILES string of the molecule is FC(F)c1cnc(C(F)(F)F)c(CCl)c1Cl. The number of hydrogen-bond acceptors (Lipinski definition) is 1. The lowest BCUT2D eigenvalue weighted by molar-refractivity contribution is -0.141. The van der Waals surface area contributed by atoms with E-state index in [2.05, 4.69) is 4.98 Å². The van der Waals surface area contributed by atoms with Gasteiger partial charge in [-0.05, 0) is 0 Å². The number of rotatable bonds is 2. The third-order valence-electron chi connectivity index (χ3n) is 1.77. The number of aromatic nitrogens is 1. The highest BCUT2D eigenvalue weighted by molar-refractivity contribution is 6.33. The van der Waals surface area contributed by atoms with Crippen molar-refractivity contribution in [2.45, 2.75) is 18.5 Å². The van der Waals surface area contributed by atoms with E-state index in [1.807, 2.05) is 0 Å². The summed E-state index contributed by atoms with van der Waals surface area (Å²) >= 11 is 10.7. The Balaban J connectivity index is 3.41. The lowest BCUT2D eigenvalue weighted by Gasteiger charge is -2.13. The van der Waals surface area contributed by atoms with Crippen LogP contribution in [0.25, 0.3) is 0 Å². The third-order valence-corrected chi connectivity index (χ3v) is 2.49. The lowest BCUT2D eigenvalue weighted by atomic mass is 10.1. The van der Waals surface area contributed by atoms with Crippen LogP contribution in [0.3, 0.4) is 0 Å². The fourth-order valence-electron chi connectivity index (χ4n) is 1.07. The van der Waals surface area contributed by atoms with Gasteiger partial charge in [-0.2, -0.15) is 13.2 Å². The molecule has 0 aromatic carbocycles. The second-order valence-corrected chi connectivity index (χ2v) is 3.43. The van der Waals surface area contributed by atoms with Crippen molar-refractivity contribution in [1.29, 1.82) is 0 Å². The molecule has 1 aromatic rings. The molecule has 1 rings (SSSR count). The molecule has 0 aliphatic rings. The summed E-state index contributed by atoms with van der Waals surface area (Å²) in [6.45, 7) is 0. The van der Waals surface area contributed by atoms with Crippen LogP contribution in [0.5, 0.6) is 0 Å². The molecule has 0 saturated carbocycles. The summed E-state index contributed by atoms with van der Waals surface area (Å²) in [6, 6.07) is 0. The van der Waals surface area contributed by atoms with Crippen molar-refractivity contribution in [3.05, 3.63) is 28.0 Å². The highest BCUT2D eigenvalue weighted by Crippen LogP contribution is 2.38. The van der Waals surface area contributed by atoms with Gasteiger partial charge in [0, 0.05) is 11.8 Å². The maximum atomic E-state index is 12.4. The zero-order chi connectivity index (χ0) is 12.5. The standard InChI is InChI=1S/C8H4Cl2F5N/c9-1-3-5(10)4(7(11)12)2-16-6(3)8(13,14)15/h2,7H,1H2. The molecule has 0 N–H and O–H groups in total. The van der Waals surface area contributed by atoms with Gasteiger partial charge >= 0.3 is 6.18 Å². The number of pyridine rings is 1. The molecule has 8 heteroatoms. The van der Waals surface area contributed by atoms with E-state index in [9.17, 15) is 22.0 Å². The molecule has 1 heterocycles. The van der Waals surface area contributed by atoms with Gasteiger partial charge in [-0.15, -0.1) is 11.6 Å². The van der Waals surface area contributed by atoms with Crippen LogP contribution in [0.15, 0.2) is 6.20 Å². The Morgan fingerprint density at radius 2 is 1.88 bits per heavy atom. The minimum Gasteiger partial charge on any atom is -0.251 e. The van der Waals surface area contributed by atoms with Gasteiger partial charge in [-0.25, -0.2) is 8.78 Å². The number of alkyl halides is 6. The fourth-order valence-corrected chi connectivity index (χ4v) is 1.68. The largest absolute Gasteiger partial charge is 0.433 e. The average Bonchev–Trinajstić information content (AvgIpc) is 2.15. The molecule has 90 valence electrons. The van der Waals surface area contributed by atoms with Crippen molar-refractivity contribution >= 4 is 23.2 Å². The normalized spacial score (nSPS) is 12.2. The number of hydrogen-bond donors (Lipinski definition) is 0. The summed E-state index contributed by atoms with van der Waals surface area (Å²) in [5, 5.41) is -0.688. The van der Waals surface area contributed by atoms with Crippen LogP contribution >= 0.6 is 23.2 Å². The summed E-state index contributed by atoms with van der Waals surface area (Å²) in [5.41, 5.74) is -2.73. The molecule has 1 aromatic heterocycles. The average molecular weight is 280 g/mol. The zero-order valence-electron chi connectivity index (χ0n) is 7.45. The van der Waals surface area contributed by atoms with Gasteiger partial charge in [-0.3, -0.25) is 4.98 Å². The first-order valence-electron chi connectivity index (χ1n) is 3.87. The third kappa shape index (κ3) is 2.55. The van der Waals surface area contributed by atoms with E-state index in [0.29, 0.717) is 6.20 Å². The van der Waals surface area contributed by atoms with Crippen molar-refractivity contribution in [2.24, 2.45) is 0 Å². The van der Waals surface area contributed by atoms with Gasteiger partial charge in [0.25, 0.3) is 6.43 Å². The molecule has 0 amide bonds. The highest BCUT2D eigenvalue weighted by Gasteiger charge is 2.37. The van der Waals surface area contributed by atoms with Gasteiger partial charge in [0.2, 0.25) is 0 Å². The van der Waals surface area contributed by atoms with Crippen LogP contribution in [-0.4, -0.2) is 4.98 Å². The maximum absolute atomic E-state index is 12.4. The fraction of sp³-hybridized carbons (Fsp3) is 0.375. The Morgan fingerprint density at radius 1 is 1.31 bits per heavy atom. The monoisotopic (exact) mass is 279 g/mol. The molecule has 16 heavy (non-hydrogen) atoms. The smallest absolute Gasteiger partial charge is 0.251 e. The van der Waals surface area contributed by atoms with Crippen LogP contribution in [-0.2, 0) is 12.1 Å². The number of nitrogens with zero attached hydrogens (tertiary/aromatic N) is 1. The van der Waals surface area contributed by atoms with E-state index >= 15 is 0 Å². The van der Waals surface area contributed by atoms with Gasteiger partial charge in [-0.1, -0.05) is 11.6 Å². The zero-order valence-corrected chi connectivity index (χ0v) is 8.97. The first-order chi connectivity index (χ1) is 7.29. The highest BCUT2D eigenvalue weighted by atomic mass is 35.5. The van der Waals surface area contributed by atoms with Crippen molar-refractivity contribution in [3.63, 3.8) is 0 Å². The van der Waals surface area contributed by atoms with Crippen molar-refractivity contribution in [3.8, 4) is 0 Å². The molecule has 0 aliphatic heterocycles. The maximum Gasteiger partial charge on any atom is 0.433 e. The Bertz CT molecular complexity index is 391. The Kier molecular flexibility index (Phi) is 3.96. The van der Waals surface area contributed by atoms with Crippen molar-refractivity contribution in [1.82, 2.24) is 4.98 Å². The molecule has 0 fully saturated rings. The van der Waals surface area contributed by atoms with E-state index in [1.165, 1.54) is 0 Å². The minimum atomic E-state index is -4.77. The number of halogens is 7. The van der Waals surface area contributed by atoms with Gasteiger partial charge in [0.05, 0.1) is 16.5 Å².